The van der Waals surface area contributed by atoms with E-state index in [-0.39, 0.29) is 0 Å². The van der Waals surface area contributed by atoms with Gasteiger partial charge >= 0.3 is 0 Å². The molecular formula is C15H15N. The Morgan fingerprint density at radius 3 is 2.56 bits per heavy atom. The minimum Gasteiger partial charge on any atom is -0.341 e. The molecule has 0 aliphatic carbocycles. The van der Waals surface area contributed by atoms with Crippen LogP contribution in [0, 0.1) is 0 Å². The molecule has 0 spiro atoms. The van der Waals surface area contributed by atoms with E-state index in [1.54, 1.807) is 0 Å². The van der Waals surface area contributed by atoms with Gasteiger partial charge in [0, 0.05) is 20.7 Å². The summed E-state index contributed by atoms with van der Waals surface area (Å²) in [6.45, 7) is 0.716. The third kappa shape index (κ3) is 1.58. The molecular weight excluding hydrogens is 194 g/mol. The summed E-state index contributed by atoms with van der Waals surface area (Å²) in [4.78, 5) is 2.19. The molecule has 2 aromatic rings. The van der Waals surface area contributed by atoms with Gasteiger partial charge in [-0.25, -0.2) is 0 Å². The number of benzene rings is 2. The molecule has 0 saturated heterocycles. The maximum atomic E-state index is 8.10. The van der Waals surface area contributed by atoms with Gasteiger partial charge in [0.05, 0.1) is 0 Å². The molecule has 1 aliphatic rings. The molecule has 3 rings (SSSR count). The van der Waals surface area contributed by atoms with Gasteiger partial charge in [-0.3, -0.25) is 0 Å². The van der Waals surface area contributed by atoms with Gasteiger partial charge in [-0.05, 0) is 36.6 Å². The van der Waals surface area contributed by atoms with Gasteiger partial charge in [0.25, 0.3) is 0 Å². The van der Waals surface area contributed by atoms with Crippen molar-refractivity contribution in [3.63, 3.8) is 0 Å². The summed E-state index contributed by atoms with van der Waals surface area (Å²) in [7, 11) is 0. The lowest BCUT2D eigenvalue weighted by Crippen LogP contribution is -2.24. The first kappa shape index (κ1) is 7.50. The molecule has 0 bridgehead atoms. The fourth-order valence-corrected chi connectivity index (χ4v) is 2.16. The highest BCUT2D eigenvalue weighted by Gasteiger charge is 2.16. The predicted octanol–water partition coefficient (Wildman–Crippen LogP) is 3.77. The number of nitrogens with zero attached hydrogens (tertiary/aromatic N) is 1. The van der Waals surface area contributed by atoms with Gasteiger partial charge in [0.1, 0.15) is 0 Å². The van der Waals surface area contributed by atoms with Crippen LogP contribution in [-0.4, -0.2) is 6.54 Å². The first-order valence-electron chi connectivity index (χ1n) is 6.61. The van der Waals surface area contributed by atoms with Crippen molar-refractivity contribution in [2.24, 2.45) is 0 Å². The smallest absolute Gasteiger partial charge is 0.0443 e. The summed E-state index contributed by atoms with van der Waals surface area (Å²) in [5.74, 6) is 0. The molecule has 2 aromatic carbocycles. The van der Waals surface area contributed by atoms with Crippen LogP contribution < -0.4 is 4.90 Å². The van der Waals surface area contributed by atoms with E-state index < -0.39 is 6.37 Å². The fraction of sp³-hybridized carbons (Fsp3) is 0.200. The Morgan fingerprint density at radius 1 is 0.938 bits per heavy atom. The van der Waals surface area contributed by atoms with Crippen LogP contribution in [0.4, 0.5) is 11.4 Å². The second-order valence-corrected chi connectivity index (χ2v) is 3.93. The molecule has 0 saturated carbocycles. The third-order valence-corrected chi connectivity index (χ3v) is 2.91. The Kier molecular flexibility index (Phi) is 1.88. The van der Waals surface area contributed by atoms with Crippen LogP contribution >= 0.6 is 0 Å². The minimum absolute atomic E-state index is 0.527. The van der Waals surface area contributed by atoms with Crippen molar-refractivity contribution in [1.29, 1.82) is 0 Å². The summed E-state index contributed by atoms with van der Waals surface area (Å²) in [5, 5.41) is 0. The standard InChI is InChI=1S/C15H15N/c1-2-9-14(10-3-1)16-12-6-8-13-7-4-5-11-15(13)16/h1-5,7,9-11H,6,8,12H2/i8D2. The number of aryl methyl sites for hydroxylation is 1. The van der Waals surface area contributed by atoms with Crippen molar-refractivity contribution < 1.29 is 2.74 Å². The number of para-hydroxylation sites is 2. The van der Waals surface area contributed by atoms with Crippen LogP contribution in [0.2, 0.25) is 0 Å². The van der Waals surface area contributed by atoms with Gasteiger partial charge < -0.3 is 4.90 Å². The average molecular weight is 211 g/mol. The van der Waals surface area contributed by atoms with E-state index in [1.165, 1.54) is 0 Å². The molecule has 1 aliphatic heterocycles. The highest BCUT2D eigenvalue weighted by molar-refractivity contribution is 5.67. The van der Waals surface area contributed by atoms with E-state index in [1.807, 2.05) is 42.5 Å². The SMILES string of the molecule is [2H]C1([2H])CCN(c2ccccc2)c2ccccc21. The van der Waals surface area contributed by atoms with E-state index in [0.29, 0.717) is 13.0 Å². The van der Waals surface area contributed by atoms with E-state index >= 15 is 0 Å². The summed E-state index contributed by atoms with van der Waals surface area (Å²) in [6, 6.07) is 17.9. The average Bonchev–Trinajstić information content (AvgIpc) is 2.40. The molecule has 16 heavy (non-hydrogen) atoms. The lowest BCUT2D eigenvalue weighted by molar-refractivity contribution is 0.767. The van der Waals surface area contributed by atoms with Crippen molar-refractivity contribution in [2.45, 2.75) is 12.8 Å². The molecule has 0 N–H and O–H groups in total. The Bertz CT molecular complexity index is 551. The number of anilines is 2. The van der Waals surface area contributed by atoms with Crippen molar-refractivity contribution in [3.8, 4) is 0 Å². The summed E-state index contributed by atoms with van der Waals surface area (Å²) in [5.41, 5.74) is 2.90. The lowest BCUT2D eigenvalue weighted by Gasteiger charge is -2.31. The van der Waals surface area contributed by atoms with Crippen LogP contribution in [0.1, 0.15) is 14.7 Å². The molecule has 80 valence electrons. The maximum Gasteiger partial charge on any atom is 0.0443 e. The van der Waals surface area contributed by atoms with Gasteiger partial charge in [0.2, 0.25) is 0 Å². The largest absolute Gasteiger partial charge is 0.341 e. The molecule has 1 heteroatoms. The van der Waals surface area contributed by atoms with E-state index in [2.05, 4.69) is 17.0 Å². The van der Waals surface area contributed by atoms with Crippen molar-refractivity contribution >= 4 is 11.4 Å². The van der Waals surface area contributed by atoms with E-state index in [9.17, 15) is 0 Å². The quantitative estimate of drug-likeness (QED) is 0.694. The topological polar surface area (TPSA) is 3.24 Å². The van der Waals surface area contributed by atoms with Crippen molar-refractivity contribution in [1.82, 2.24) is 0 Å². The maximum absolute atomic E-state index is 8.10. The van der Waals surface area contributed by atoms with Gasteiger partial charge in [-0.1, -0.05) is 36.4 Å². The minimum atomic E-state index is -1.22. The number of fused-ring (bicyclic) bond motifs is 1. The molecule has 0 radical (unpaired) electrons. The predicted molar refractivity (Wildman–Crippen MR) is 68.2 cm³/mol. The number of rotatable bonds is 1. The summed E-state index contributed by atoms with van der Waals surface area (Å²) < 4.78 is 16.2. The van der Waals surface area contributed by atoms with Gasteiger partial charge in [-0.2, -0.15) is 0 Å². The molecule has 0 atom stereocenters. The first-order chi connectivity index (χ1) is 8.68. The van der Waals surface area contributed by atoms with Crippen LogP contribution in [0.15, 0.2) is 54.6 Å². The number of hydrogen-bond donors (Lipinski definition) is 0. The van der Waals surface area contributed by atoms with Crippen LogP contribution in [0.25, 0.3) is 0 Å². The van der Waals surface area contributed by atoms with E-state index in [4.69, 9.17) is 2.74 Å². The van der Waals surface area contributed by atoms with Gasteiger partial charge in [0.15, 0.2) is 0 Å². The Labute approximate surface area is 99.1 Å². The zero-order valence-corrected chi connectivity index (χ0v) is 9.06. The molecule has 0 fully saturated rings. The van der Waals surface area contributed by atoms with Crippen LogP contribution in [0.3, 0.4) is 0 Å². The number of hydrogen-bond acceptors (Lipinski definition) is 1. The highest BCUT2D eigenvalue weighted by atomic mass is 15.1. The van der Waals surface area contributed by atoms with E-state index in [0.717, 1.165) is 16.9 Å². The second-order valence-electron chi connectivity index (χ2n) is 3.93. The van der Waals surface area contributed by atoms with Crippen molar-refractivity contribution in [2.75, 3.05) is 11.4 Å². The van der Waals surface area contributed by atoms with Gasteiger partial charge in [-0.15, -0.1) is 0 Å². The Hall–Kier alpha value is -1.76. The van der Waals surface area contributed by atoms with Crippen LogP contribution in [-0.2, 0) is 6.37 Å². The fourth-order valence-electron chi connectivity index (χ4n) is 2.16. The summed E-state index contributed by atoms with van der Waals surface area (Å²) in [6.07, 6.45) is -0.694. The zero-order valence-electron chi connectivity index (χ0n) is 11.1. The zero-order chi connectivity index (χ0) is 12.6. The first-order valence-corrected chi connectivity index (χ1v) is 5.61. The molecule has 0 amide bonds. The van der Waals surface area contributed by atoms with Crippen LogP contribution in [0.5, 0.6) is 0 Å². The normalized spacial score (nSPS) is 19.6. The Morgan fingerprint density at radius 2 is 1.69 bits per heavy atom. The Balaban J connectivity index is 2.11. The molecule has 0 aromatic heterocycles. The second kappa shape index (κ2) is 4.01. The third-order valence-electron chi connectivity index (χ3n) is 2.91. The molecule has 1 nitrogen and oxygen atoms in total. The molecule has 1 heterocycles. The monoisotopic (exact) mass is 211 g/mol. The highest BCUT2D eigenvalue weighted by Crippen LogP contribution is 2.32. The summed E-state index contributed by atoms with van der Waals surface area (Å²) >= 11 is 0. The van der Waals surface area contributed by atoms with Crippen molar-refractivity contribution in [3.05, 3.63) is 60.2 Å². The lowest BCUT2D eigenvalue weighted by atomic mass is 10.0. The molecule has 0 unspecified atom stereocenters.